The first-order valence-electron chi connectivity index (χ1n) is 5.66. The number of rotatable bonds is 9. The summed E-state index contributed by atoms with van der Waals surface area (Å²) in [4.78, 5) is 0. The lowest BCUT2D eigenvalue weighted by Gasteiger charge is -2.31. The lowest BCUT2D eigenvalue weighted by atomic mass is 10.5. The molecule has 0 aromatic rings. The second kappa shape index (κ2) is 8.10. The highest BCUT2D eigenvalue weighted by molar-refractivity contribution is 7.49. The van der Waals surface area contributed by atoms with E-state index in [1.807, 2.05) is 0 Å². The van der Waals surface area contributed by atoms with Crippen molar-refractivity contribution in [3.63, 3.8) is 0 Å². The van der Waals surface area contributed by atoms with Gasteiger partial charge in [0.2, 0.25) is 13.6 Å². The maximum Gasteiger partial charge on any atom is 0.482 e. The van der Waals surface area contributed by atoms with Crippen LogP contribution in [0.25, 0.3) is 0 Å². The van der Waals surface area contributed by atoms with E-state index in [9.17, 15) is 4.57 Å². The van der Waals surface area contributed by atoms with Gasteiger partial charge in [-0.3, -0.25) is 0 Å². The van der Waals surface area contributed by atoms with Crippen LogP contribution in [0.4, 0.5) is 0 Å². The molecule has 0 radical (unpaired) electrons. The molecule has 20 heavy (non-hydrogen) atoms. The van der Waals surface area contributed by atoms with E-state index in [0.29, 0.717) is 0 Å². The maximum absolute atomic E-state index is 12.6. The van der Waals surface area contributed by atoms with E-state index in [1.165, 1.54) is 0 Å². The zero-order valence-electron chi connectivity index (χ0n) is 11.0. The topological polar surface area (TPSA) is 44.8 Å². The predicted octanol–water partition coefficient (Wildman–Crippen LogP) is 6.77. The molecule has 0 aromatic heterocycles. The molecule has 0 amide bonds. The molecule has 4 nitrogen and oxygen atoms in total. The highest BCUT2D eigenvalue weighted by Gasteiger charge is 2.47. The Hall–Kier alpha value is 1.85. The molecule has 0 atom stereocenters. The van der Waals surface area contributed by atoms with Crippen LogP contribution in [0, 0.1) is 0 Å². The summed E-state index contributed by atoms with van der Waals surface area (Å²) in [7, 11) is -4.43. The van der Waals surface area contributed by atoms with Gasteiger partial charge < -0.3 is 0 Å². The molecule has 0 spiro atoms. The summed E-state index contributed by atoms with van der Waals surface area (Å²) in [5, 5.41) is 0. The Labute approximate surface area is 148 Å². The standard InChI is InChI=1S/C9H15Cl6O4P/c1-4-7(10,11)17-20(16,18-8(12,13)5-2)19-9(14,15)6-3/h4-6H2,1-3H3. The lowest BCUT2D eigenvalue weighted by Crippen LogP contribution is -2.26. The molecule has 0 bridgehead atoms. The van der Waals surface area contributed by atoms with E-state index in [1.54, 1.807) is 20.8 Å². The fourth-order valence-corrected chi connectivity index (χ4v) is 3.74. The Bertz CT molecular complexity index is 310. The van der Waals surface area contributed by atoms with E-state index in [2.05, 4.69) is 0 Å². The van der Waals surface area contributed by atoms with Gasteiger partial charge >= 0.3 is 7.82 Å². The Morgan fingerprint density at radius 1 is 0.700 bits per heavy atom. The van der Waals surface area contributed by atoms with Crippen molar-refractivity contribution in [2.75, 3.05) is 0 Å². The van der Waals surface area contributed by atoms with Crippen LogP contribution >= 0.6 is 77.4 Å². The molecule has 0 fully saturated rings. The van der Waals surface area contributed by atoms with Gasteiger partial charge in [0.05, 0.1) is 0 Å². The molecule has 0 rings (SSSR count). The van der Waals surface area contributed by atoms with Gasteiger partial charge in [-0.05, 0) is 0 Å². The van der Waals surface area contributed by atoms with E-state index in [4.69, 9.17) is 83.2 Å². The summed E-state index contributed by atoms with van der Waals surface area (Å²) in [5.41, 5.74) is 0. The first kappa shape index (κ1) is 21.9. The molecule has 0 aliphatic carbocycles. The van der Waals surface area contributed by atoms with Gasteiger partial charge in [-0.1, -0.05) is 90.4 Å². The summed E-state index contributed by atoms with van der Waals surface area (Å²) in [6.45, 7) is 4.77. The van der Waals surface area contributed by atoms with E-state index < -0.39 is 21.4 Å². The minimum Gasteiger partial charge on any atom is -0.249 e. The molecule has 0 aliphatic heterocycles. The van der Waals surface area contributed by atoms with Crippen molar-refractivity contribution < 1.29 is 18.1 Å². The molecule has 122 valence electrons. The number of phosphoric acid groups is 1. The molecule has 0 N–H and O–H groups in total. The Kier molecular flexibility index (Phi) is 8.85. The van der Waals surface area contributed by atoms with Crippen LogP contribution in [0.1, 0.15) is 40.0 Å². The Morgan fingerprint density at radius 2 is 0.900 bits per heavy atom. The van der Waals surface area contributed by atoms with Gasteiger partial charge in [0.15, 0.2) is 0 Å². The van der Waals surface area contributed by atoms with Crippen molar-refractivity contribution >= 4 is 77.4 Å². The van der Waals surface area contributed by atoms with Crippen molar-refractivity contribution in [2.45, 2.75) is 53.6 Å². The molecule has 11 heteroatoms. The van der Waals surface area contributed by atoms with Gasteiger partial charge in [-0.15, -0.1) is 0 Å². The molecule has 0 aromatic carbocycles. The lowest BCUT2D eigenvalue weighted by molar-refractivity contribution is 0.0525. The second-order valence-electron chi connectivity index (χ2n) is 3.69. The van der Waals surface area contributed by atoms with Crippen molar-refractivity contribution in [1.82, 2.24) is 0 Å². The van der Waals surface area contributed by atoms with Crippen LogP contribution in [-0.4, -0.2) is 13.6 Å². The minimum atomic E-state index is -4.43. The first-order chi connectivity index (χ1) is 8.80. The van der Waals surface area contributed by atoms with Gasteiger partial charge in [0.1, 0.15) is 0 Å². The van der Waals surface area contributed by atoms with Crippen molar-refractivity contribution in [1.29, 1.82) is 0 Å². The fraction of sp³-hybridized carbons (Fsp3) is 1.00. The number of hydrogen-bond donors (Lipinski definition) is 0. The van der Waals surface area contributed by atoms with Crippen LogP contribution in [0.2, 0.25) is 0 Å². The summed E-state index contributed by atoms with van der Waals surface area (Å²) in [5.74, 6) is 0. The van der Waals surface area contributed by atoms with Crippen LogP contribution in [0.3, 0.4) is 0 Å². The van der Waals surface area contributed by atoms with Crippen LogP contribution in [0.5, 0.6) is 0 Å². The summed E-state index contributed by atoms with van der Waals surface area (Å²) in [6, 6.07) is 0. The van der Waals surface area contributed by atoms with Crippen molar-refractivity contribution in [3.8, 4) is 0 Å². The van der Waals surface area contributed by atoms with E-state index in [-0.39, 0.29) is 19.3 Å². The van der Waals surface area contributed by atoms with E-state index in [0.717, 1.165) is 0 Å². The molecule has 0 unspecified atom stereocenters. The Morgan fingerprint density at radius 3 is 1.05 bits per heavy atom. The number of alkyl halides is 6. The van der Waals surface area contributed by atoms with Gasteiger partial charge in [0.25, 0.3) is 0 Å². The number of hydrogen-bond acceptors (Lipinski definition) is 4. The first-order valence-corrected chi connectivity index (χ1v) is 9.39. The fourth-order valence-electron chi connectivity index (χ4n) is 0.740. The van der Waals surface area contributed by atoms with Crippen LogP contribution < -0.4 is 0 Å². The van der Waals surface area contributed by atoms with Crippen molar-refractivity contribution in [2.24, 2.45) is 0 Å². The highest BCUT2D eigenvalue weighted by Crippen LogP contribution is 2.62. The average molecular weight is 431 g/mol. The number of halogens is 6. The molecule has 0 aliphatic rings. The summed E-state index contributed by atoms with van der Waals surface area (Å²) >= 11 is 34.7. The molecule has 0 saturated carbocycles. The highest BCUT2D eigenvalue weighted by atomic mass is 35.5. The van der Waals surface area contributed by atoms with Gasteiger partial charge in [-0.25, -0.2) is 18.1 Å². The van der Waals surface area contributed by atoms with Crippen LogP contribution in [-0.2, 0) is 18.1 Å². The monoisotopic (exact) mass is 428 g/mol. The third-order valence-corrected chi connectivity index (χ3v) is 6.29. The second-order valence-corrected chi connectivity index (χ2v) is 9.38. The SMILES string of the molecule is CCC(Cl)(Cl)OP(=O)(OC(Cl)(Cl)CC)OC(Cl)(Cl)CC. The third-order valence-electron chi connectivity index (χ3n) is 1.97. The average Bonchev–Trinajstić information content (AvgIpc) is 2.26. The molecular formula is C9H15Cl6O4P. The summed E-state index contributed by atoms with van der Waals surface area (Å²) in [6.07, 6.45) is 0.251. The zero-order valence-corrected chi connectivity index (χ0v) is 16.4. The molecule has 0 saturated heterocycles. The maximum atomic E-state index is 12.6. The minimum absolute atomic E-state index is 0.0835. The van der Waals surface area contributed by atoms with Crippen molar-refractivity contribution in [3.05, 3.63) is 0 Å². The van der Waals surface area contributed by atoms with E-state index >= 15 is 0 Å². The van der Waals surface area contributed by atoms with Gasteiger partial charge in [0, 0.05) is 19.3 Å². The molecular weight excluding hydrogens is 416 g/mol. The predicted molar refractivity (Wildman–Crippen MR) is 85.0 cm³/mol. The van der Waals surface area contributed by atoms with Crippen LogP contribution in [0.15, 0.2) is 0 Å². The quantitative estimate of drug-likeness (QED) is 0.299. The largest absolute Gasteiger partial charge is 0.482 e. The molecule has 0 heterocycles. The van der Waals surface area contributed by atoms with Gasteiger partial charge in [-0.2, -0.15) is 0 Å². The third kappa shape index (κ3) is 8.47. The number of phosphoric ester groups is 1. The normalized spacial score (nSPS) is 14.7. The summed E-state index contributed by atoms with van der Waals surface area (Å²) < 4.78 is 21.9. The smallest absolute Gasteiger partial charge is 0.249 e. The Balaban J connectivity index is 5.29. The zero-order chi connectivity index (χ0) is 16.2.